The van der Waals surface area contributed by atoms with Crippen LogP contribution < -0.4 is 10.6 Å². The molecule has 1 aliphatic heterocycles. The molecule has 22 heavy (non-hydrogen) atoms. The standard InChI is InChI=1S/C14H16ClN5O.ClH/c15-11-5-1-2-6-13(11)20-9-12(18-19-20)14(21)17-10-4-3-7-16-8-10;/h1-2,5-6,9-10,16H,3-4,7-8H2,(H,17,21);1H/t10-;/m0./s1. The van der Waals surface area contributed by atoms with Crippen molar-refractivity contribution in [3.63, 3.8) is 0 Å². The Morgan fingerprint density at radius 1 is 1.41 bits per heavy atom. The molecule has 0 unspecified atom stereocenters. The van der Waals surface area contributed by atoms with Crippen molar-refractivity contribution in [2.45, 2.75) is 18.9 Å². The van der Waals surface area contributed by atoms with Crippen LogP contribution in [-0.4, -0.2) is 40.0 Å². The van der Waals surface area contributed by atoms with Gasteiger partial charge in [-0.25, -0.2) is 4.68 Å². The first-order valence-electron chi connectivity index (χ1n) is 6.93. The van der Waals surface area contributed by atoms with Crippen LogP contribution in [0, 0.1) is 0 Å². The zero-order chi connectivity index (χ0) is 14.7. The van der Waals surface area contributed by atoms with E-state index in [-0.39, 0.29) is 24.4 Å². The predicted octanol–water partition coefficient (Wildman–Crippen LogP) is 1.82. The molecule has 8 heteroatoms. The van der Waals surface area contributed by atoms with E-state index in [0.29, 0.717) is 16.4 Å². The average Bonchev–Trinajstić information content (AvgIpc) is 2.98. The van der Waals surface area contributed by atoms with E-state index in [1.54, 1.807) is 12.3 Å². The van der Waals surface area contributed by atoms with Crippen LogP contribution in [0.15, 0.2) is 30.5 Å². The first-order valence-corrected chi connectivity index (χ1v) is 7.30. The highest BCUT2D eigenvalue weighted by Crippen LogP contribution is 2.18. The van der Waals surface area contributed by atoms with E-state index in [9.17, 15) is 4.79 Å². The summed E-state index contributed by atoms with van der Waals surface area (Å²) in [5.41, 5.74) is 0.991. The van der Waals surface area contributed by atoms with Crippen LogP contribution in [0.2, 0.25) is 5.02 Å². The fourth-order valence-electron chi connectivity index (χ4n) is 2.36. The third-order valence-corrected chi connectivity index (χ3v) is 3.78. The number of aromatic nitrogens is 3. The Labute approximate surface area is 139 Å². The lowest BCUT2D eigenvalue weighted by Crippen LogP contribution is -2.45. The topological polar surface area (TPSA) is 71.8 Å². The maximum absolute atomic E-state index is 12.2. The second-order valence-corrected chi connectivity index (χ2v) is 5.42. The van der Waals surface area contributed by atoms with Crippen LogP contribution >= 0.6 is 24.0 Å². The molecule has 1 fully saturated rings. The molecule has 0 spiro atoms. The molecule has 6 nitrogen and oxygen atoms in total. The fourth-order valence-corrected chi connectivity index (χ4v) is 2.58. The maximum Gasteiger partial charge on any atom is 0.273 e. The van der Waals surface area contributed by atoms with Crippen LogP contribution in [0.3, 0.4) is 0 Å². The molecular formula is C14H17Cl2N5O. The SMILES string of the molecule is Cl.O=C(N[C@H]1CCCNC1)c1cn(-c2ccccc2Cl)nn1. The molecule has 0 aliphatic carbocycles. The normalized spacial score (nSPS) is 17.6. The van der Waals surface area contributed by atoms with Gasteiger partial charge in [0.15, 0.2) is 5.69 Å². The monoisotopic (exact) mass is 341 g/mol. The van der Waals surface area contributed by atoms with E-state index in [0.717, 1.165) is 25.9 Å². The van der Waals surface area contributed by atoms with Gasteiger partial charge in [0.1, 0.15) is 0 Å². The number of hydrogen-bond acceptors (Lipinski definition) is 4. The fraction of sp³-hybridized carbons (Fsp3) is 0.357. The molecular weight excluding hydrogens is 325 g/mol. The first kappa shape index (κ1) is 16.7. The van der Waals surface area contributed by atoms with Crippen LogP contribution in [0.25, 0.3) is 5.69 Å². The Kier molecular flexibility index (Phi) is 5.76. The molecule has 3 rings (SSSR count). The summed E-state index contributed by atoms with van der Waals surface area (Å²) < 4.78 is 1.51. The summed E-state index contributed by atoms with van der Waals surface area (Å²) in [6.07, 6.45) is 3.64. The maximum atomic E-state index is 12.2. The number of halogens is 2. The van der Waals surface area contributed by atoms with Crippen LogP contribution in [-0.2, 0) is 0 Å². The van der Waals surface area contributed by atoms with Crippen molar-refractivity contribution in [1.82, 2.24) is 25.6 Å². The molecule has 1 amide bonds. The van der Waals surface area contributed by atoms with Crippen molar-refractivity contribution >= 4 is 29.9 Å². The third-order valence-electron chi connectivity index (χ3n) is 3.46. The smallest absolute Gasteiger partial charge is 0.273 e. The number of nitrogens with zero attached hydrogens (tertiary/aromatic N) is 3. The van der Waals surface area contributed by atoms with Gasteiger partial charge in [-0.05, 0) is 31.5 Å². The largest absolute Gasteiger partial charge is 0.347 e. The number of rotatable bonds is 3. The second kappa shape index (κ2) is 7.58. The number of hydrogen-bond donors (Lipinski definition) is 2. The van der Waals surface area contributed by atoms with Gasteiger partial charge in [-0.3, -0.25) is 4.79 Å². The van der Waals surface area contributed by atoms with Gasteiger partial charge in [0.2, 0.25) is 0 Å². The second-order valence-electron chi connectivity index (χ2n) is 5.02. The number of piperidine rings is 1. The van der Waals surface area contributed by atoms with Crippen molar-refractivity contribution in [1.29, 1.82) is 0 Å². The summed E-state index contributed by atoms with van der Waals surface area (Å²) >= 11 is 6.11. The van der Waals surface area contributed by atoms with Crippen LogP contribution in [0.4, 0.5) is 0 Å². The van der Waals surface area contributed by atoms with Gasteiger partial charge in [0.25, 0.3) is 5.91 Å². The minimum Gasteiger partial charge on any atom is -0.347 e. The number of amides is 1. The molecule has 2 aromatic rings. The zero-order valence-electron chi connectivity index (χ0n) is 11.8. The lowest BCUT2D eigenvalue weighted by atomic mass is 10.1. The Morgan fingerprint density at radius 3 is 2.95 bits per heavy atom. The molecule has 1 aliphatic rings. The molecule has 0 radical (unpaired) electrons. The Morgan fingerprint density at radius 2 is 2.23 bits per heavy atom. The summed E-state index contributed by atoms with van der Waals surface area (Å²) in [7, 11) is 0. The van der Waals surface area contributed by atoms with Crippen molar-refractivity contribution in [3.8, 4) is 5.69 Å². The molecule has 0 bridgehead atoms. The Balaban J connectivity index is 0.00000176. The van der Waals surface area contributed by atoms with Crippen molar-refractivity contribution in [2.75, 3.05) is 13.1 Å². The van der Waals surface area contributed by atoms with Gasteiger partial charge in [-0.15, -0.1) is 17.5 Å². The molecule has 118 valence electrons. The average molecular weight is 342 g/mol. The first-order chi connectivity index (χ1) is 10.2. The van der Waals surface area contributed by atoms with Gasteiger partial charge in [0, 0.05) is 12.6 Å². The molecule has 1 aromatic heterocycles. The molecule has 1 saturated heterocycles. The summed E-state index contributed by atoms with van der Waals surface area (Å²) in [5, 5.41) is 14.7. The lowest BCUT2D eigenvalue weighted by molar-refractivity contribution is 0.0925. The van der Waals surface area contributed by atoms with E-state index < -0.39 is 0 Å². The molecule has 0 saturated carbocycles. The zero-order valence-corrected chi connectivity index (χ0v) is 13.4. The van der Waals surface area contributed by atoms with Gasteiger partial charge in [-0.2, -0.15) is 0 Å². The molecule has 1 atom stereocenters. The van der Waals surface area contributed by atoms with Gasteiger partial charge in [0.05, 0.1) is 16.9 Å². The van der Waals surface area contributed by atoms with Crippen molar-refractivity contribution in [3.05, 3.63) is 41.2 Å². The minimum absolute atomic E-state index is 0. The molecule has 1 aromatic carbocycles. The number of para-hydroxylation sites is 1. The minimum atomic E-state index is -0.206. The predicted molar refractivity (Wildman–Crippen MR) is 87.0 cm³/mol. The van der Waals surface area contributed by atoms with E-state index in [2.05, 4.69) is 20.9 Å². The van der Waals surface area contributed by atoms with E-state index >= 15 is 0 Å². The lowest BCUT2D eigenvalue weighted by Gasteiger charge is -2.23. The van der Waals surface area contributed by atoms with Gasteiger partial charge in [-0.1, -0.05) is 28.9 Å². The van der Waals surface area contributed by atoms with Crippen LogP contribution in [0.1, 0.15) is 23.3 Å². The van der Waals surface area contributed by atoms with E-state index in [1.165, 1.54) is 4.68 Å². The Bertz CT molecular complexity index is 640. The summed E-state index contributed by atoms with van der Waals surface area (Å²) in [5.74, 6) is -0.206. The number of benzene rings is 1. The van der Waals surface area contributed by atoms with E-state index in [1.807, 2.05) is 18.2 Å². The number of carbonyl (C=O) groups excluding carboxylic acids is 1. The van der Waals surface area contributed by atoms with Crippen molar-refractivity contribution < 1.29 is 4.79 Å². The Hall–Kier alpha value is -1.63. The summed E-state index contributed by atoms with van der Waals surface area (Å²) in [4.78, 5) is 12.2. The van der Waals surface area contributed by atoms with Crippen molar-refractivity contribution in [2.24, 2.45) is 0 Å². The third kappa shape index (κ3) is 3.76. The quantitative estimate of drug-likeness (QED) is 0.893. The van der Waals surface area contributed by atoms with Gasteiger partial charge >= 0.3 is 0 Å². The molecule has 2 heterocycles. The highest BCUT2D eigenvalue weighted by Gasteiger charge is 2.18. The molecule has 2 N–H and O–H groups in total. The highest BCUT2D eigenvalue weighted by molar-refractivity contribution is 6.32. The highest BCUT2D eigenvalue weighted by atomic mass is 35.5. The van der Waals surface area contributed by atoms with Gasteiger partial charge < -0.3 is 10.6 Å². The number of carbonyl (C=O) groups is 1. The summed E-state index contributed by atoms with van der Waals surface area (Å²) in [6.45, 7) is 1.81. The number of nitrogens with one attached hydrogen (secondary N) is 2. The van der Waals surface area contributed by atoms with E-state index in [4.69, 9.17) is 11.6 Å². The van der Waals surface area contributed by atoms with Crippen LogP contribution in [0.5, 0.6) is 0 Å². The summed E-state index contributed by atoms with van der Waals surface area (Å²) in [6, 6.07) is 7.44.